The smallest absolute Gasteiger partial charge is 0.252 e. The number of benzene rings is 1. The third kappa shape index (κ3) is 3.78. The zero-order valence-corrected chi connectivity index (χ0v) is 16.0. The van der Waals surface area contributed by atoms with Gasteiger partial charge in [-0.2, -0.15) is 4.31 Å². The van der Waals surface area contributed by atoms with Crippen LogP contribution in [0.15, 0.2) is 39.9 Å². The summed E-state index contributed by atoms with van der Waals surface area (Å²) in [5, 5.41) is 4.75. The number of rotatable bonds is 4. The fraction of sp³-hybridized carbons (Fsp3) is 0.389. The molecule has 1 saturated heterocycles. The quantitative estimate of drug-likeness (QED) is 0.887. The number of amides is 1. The van der Waals surface area contributed by atoms with E-state index in [1.165, 1.54) is 15.6 Å². The van der Waals surface area contributed by atoms with Crippen LogP contribution in [0, 0.1) is 19.8 Å². The van der Waals surface area contributed by atoms with Gasteiger partial charge in [0.05, 0.1) is 5.92 Å². The van der Waals surface area contributed by atoms with Gasteiger partial charge in [-0.05, 0) is 49.3 Å². The second-order valence-corrected chi connectivity index (χ2v) is 9.50. The molecular weight excluding hydrogens is 356 g/mol. The van der Waals surface area contributed by atoms with Crippen LogP contribution in [0.2, 0.25) is 0 Å². The zero-order chi connectivity index (χ0) is 18.0. The number of thiophene rings is 1. The van der Waals surface area contributed by atoms with Gasteiger partial charge < -0.3 is 5.32 Å². The van der Waals surface area contributed by atoms with Gasteiger partial charge in [-0.15, -0.1) is 11.3 Å². The normalized spacial score (nSPS) is 18.9. The summed E-state index contributed by atoms with van der Waals surface area (Å²) >= 11 is 1.21. The molecular formula is C18H22N2O3S2. The van der Waals surface area contributed by atoms with Gasteiger partial charge in [0.25, 0.3) is 10.0 Å². The Morgan fingerprint density at radius 2 is 1.92 bits per heavy atom. The molecule has 0 saturated carbocycles. The maximum Gasteiger partial charge on any atom is 0.252 e. The Morgan fingerprint density at radius 3 is 2.56 bits per heavy atom. The zero-order valence-electron chi connectivity index (χ0n) is 14.4. The molecule has 0 bridgehead atoms. The maximum absolute atomic E-state index is 12.7. The molecule has 1 amide bonds. The third-order valence-corrected chi connectivity index (χ3v) is 7.81. The van der Waals surface area contributed by atoms with Gasteiger partial charge in [-0.25, -0.2) is 8.42 Å². The second kappa shape index (κ2) is 7.27. The fourth-order valence-corrected chi connectivity index (χ4v) is 5.82. The molecule has 0 radical (unpaired) electrons. The Balaban J connectivity index is 1.74. The highest BCUT2D eigenvalue weighted by Crippen LogP contribution is 2.28. The highest BCUT2D eigenvalue weighted by atomic mass is 32.2. The van der Waals surface area contributed by atoms with Crippen LogP contribution in [-0.2, 0) is 14.8 Å². The van der Waals surface area contributed by atoms with E-state index in [2.05, 4.69) is 5.32 Å². The van der Waals surface area contributed by atoms with Crippen LogP contribution in [0.3, 0.4) is 0 Å². The molecule has 3 rings (SSSR count). The predicted octanol–water partition coefficient (Wildman–Crippen LogP) is 3.40. The van der Waals surface area contributed by atoms with Crippen molar-refractivity contribution in [2.45, 2.75) is 30.9 Å². The highest BCUT2D eigenvalue weighted by Gasteiger charge is 2.34. The van der Waals surface area contributed by atoms with Crippen molar-refractivity contribution in [1.82, 2.24) is 4.31 Å². The van der Waals surface area contributed by atoms with Crippen molar-refractivity contribution in [1.29, 1.82) is 0 Å². The monoisotopic (exact) mass is 378 g/mol. The number of para-hydroxylation sites is 1. The molecule has 5 nitrogen and oxygen atoms in total. The summed E-state index contributed by atoms with van der Waals surface area (Å²) in [5.41, 5.74) is 2.84. The minimum atomic E-state index is -3.50. The van der Waals surface area contributed by atoms with Crippen LogP contribution in [0.1, 0.15) is 24.0 Å². The Bertz CT molecular complexity index is 840. The topological polar surface area (TPSA) is 66.5 Å². The van der Waals surface area contributed by atoms with Gasteiger partial charge in [0, 0.05) is 18.8 Å². The van der Waals surface area contributed by atoms with Crippen molar-refractivity contribution < 1.29 is 13.2 Å². The summed E-state index contributed by atoms with van der Waals surface area (Å²) in [4.78, 5) is 12.7. The second-order valence-electron chi connectivity index (χ2n) is 6.39. The van der Waals surface area contributed by atoms with E-state index in [4.69, 9.17) is 0 Å². The summed E-state index contributed by atoms with van der Waals surface area (Å²) in [6, 6.07) is 9.21. The van der Waals surface area contributed by atoms with Gasteiger partial charge in [0.1, 0.15) is 4.21 Å². The lowest BCUT2D eigenvalue weighted by atomic mass is 9.98. The summed E-state index contributed by atoms with van der Waals surface area (Å²) in [6.45, 7) is 4.61. The number of nitrogens with one attached hydrogen (secondary N) is 1. The molecule has 1 N–H and O–H groups in total. The standard InChI is InChI=1S/C18H22N2O3S2/c1-13-6-3-7-14(2)17(13)19-18(21)15-8-4-10-20(12-15)25(22,23)16-9-5-11-24-16/h3,5-7,9,11,15H,4,8,10,12H2,1-2H3,(H,19,21)/t15-/m1/s1. The molecule has 0 spiro atoms. The van der Waals surface area contributed by atoms with Crippen LogP contribution >= 0.6 is 11.3 Å². The van der Waals surface area contributed by atoms with Gasteiger partial charge >= 0.3 is 0 Å². The molecule has 0 aliphatic carbocycles. The van der Waals surface area contributed by atoms with Crippen molar-refractivity contribution in [2.24, 2.45) is 5.92 Å². The van der Waals surface area contributed by atoms with Gasteiger partial charge in [0.2, 0.25) is 5.91 Å². The lowest BCUT2D eigenvalue weighted by Gasteiger charge is -2.31. The molecule has 1 fully saturated rings. The van der Waals surface area contributed by atoms with E-state index in [0.717, 1.165) is 16.8 Å². The van der Waals surface area contributed by atoms with Crippen molar-refractivity contribution in [3.8, 4) is 0 Å². The Labute approximate surface area is 152 Å². The molecule has 7 heteroatoms. The summed E-state index contributed by atoms with van der Waals surface area (Å²) in [7, 11) is -3.50. The lowest BCUT2D eigenvalue weighted by molar-refractivity contribution is -0.120. The van der Waals surface area contributed by atoms with Crippen molar-refractivity contribution in [3.63, 3.8) is 0 Å². The fourth-order valence-electron chi connectivity index (χ4n) is 3.15. The first kappa shape index (κ1) is 18.1. The van der Waals surface area contributed by atoms with Crippen LogP contribution < -0.4 is 5.32 Å². The summed E-state index contributed by atoms with van der Waals surface area (Å²) < 4.78 is 27.2. The molecule has 25 heavy (non-hydrogen) atoms. The minimum absolute atomic E-state index is 0.108. The minimum Gasteiger partial charge on any atom is -0.325 e. The van der Waals surface area contributed by atoms with E-state index in [1.54, 1.807) is 17.5 Å². The van der Waals surface area contributed by atoms with E-state index in [-0.39, 0.29) is 18.4 Å². The number of hydrogen-bond donors (Lipinski definition) is 1. The Kier molecular flexibility index (Phi) is 5.27. The number of anilines is 1. The van der Waals surface area contributed by atoms with Gasteiger partial charge in [-0.1, -0.05) is 24.3 Å². The van der Waals surface area contributed by atoms with Crippen LogP contribution in [0.25, 0.3) is 0 Å². The number of piperidine rings is 1. The maximum atomic E-state index is 12.7. The number of hydrogen-bond acceptors (Lipinski definition) is 4. The summed E-state index contributed by atoms with van der Waals surface area (Å²) in [6.07, 6.45) is 1.39. The van der Waals surface area contributed by atoms with E-state index < -0.39 is 10.0 Å². The average molecular weight is 379 g/mol. The molecule has 2 heterocycles. The average Bonchev–Trinajstić information content (AvgIpc) is 3.14. The van der Waals surface area contributed by atoms with Crippen molar-refractivity contribution in [2.75, 3.05) is 18.4 Å². The number of aryl methyl sites for hydroxylation is 2. The Hall–Kier alpha value is -1.70. The van der Waals surface area contributed by atoms with E-state index in [9.17, 15) is 13.2 Å². The highest BCUT2D eigenvalue weighted by molar-refractivity contribution is 7.91. The first-order chi connectivity index (χ1) is 11.9. The predicted molar refractivity (Wildman–Crippen MR) is 100 cm³/mol. The van der Waals surface area contributed by atoms with E-state index in [1.807, 2.05) is 32.0 Å². The van der Waals surface area contributed by atoms with Crippen molar-refractivity contribution in [3.05, 3.63) is 46.8 Å². The first-order valence-electron chi connectivity index (χ1n) is 8.30. The van der Waals surface area contributed by atoms with Gasteiger partial charge in [-0.3, -0.25) is 4.79 Å². The van der Waals surface area contributed by atoms with Crippen LogP contribution in [0.4, 0.5) is 5.69 Å². The van der Waals surface area contributed by atoms with Crippen molar-refractivity contribution >= 4 is 33.0 Å². The molecule has 1 aliphatic heterocycles. The third-order valence-electron chi connectivity index (χ3n) is 4.57. The van der Waals surface area contributed by atoms with E-state index >= 15 is 0 Å². The molecule has 1 atom stereocenters. The molecule has 0 unspecified atom stereocenters. The lowest BCUT2D eigenvalue weighted by Crippen LogP contribution is -2.43. The molecule has 2 aromatic rings. The first-order valence-corrected chi connectivity index (χ1v) is 10.6. The molecule has 1 aromatic heterocycles. The Morgan fingerprint density at radius 1 is 1.20 bits per heavy atom. The largest absolute Gasteiger partial charge is 0.325 e. The molecule has 1 aliphatic rings. The summed E-state index contributed by atoms with van der Waals surface area (Å²) in [5.74, 6) is -0.439. The number of carbonyl (C=O) groups excluding carboxylic acids is 1. The molecule has 134 valence electrons. The number of nitrogens with zero attached hydrogens (tertiary/aromatic N) is 1. The van der Waals surface area contributed by atoms with Crippen LogP contribution in [-0.4, -0.2) is 31.7 Å². The van der Waals surface area contributed by atoms with E-state index in [0.29, 0.717) is 23.6 Å². The van der Waals surface area contributed by atoms with Gasteiger partial charge in [0.15, 0.2) is 0 Å². The molecule has 1 aromatic carbocycles. The SMILES string of the molecule is Cc1cccc(C)c1NC(=O)[C@@H]1CCCN(S(=O)(=O)c2cccs2)C1. The van der Waals surface area contributed by atoms with Crippen LogP contribution in [0.5, 0.6) is 0 Å². The number of sulfonamides is 1. The number of carbonyl (C=O) groups is 1.